The minimum Gasteiger partial charge on any atom is -0.0919 e. The summed E-state index contributed by atoms with van der Waals surface area (Å²) < 4.78 is 0. The Balaban J connectivity index is -0.000000101. The van der Waals surface area contributed by atoms with E-state index >= 15 is 0 Å². The van der Waals surface area contributed by atoms with Crippen molar-refractivity contribution in [1.29, 1.82) is 0 Å². The number of hydrogen-bond donors (Lipinski definition) is 0. The monoisotopic (exact) mass is 170 g/mol. The molecule has 0 aliphatic heterocycles. The molecular formula is C12H26. The van der Waals surface area contributed by atoms with Gasteiger partial charge in [0.2, 0.25) is 0 Å². The van der Waals surface area contributed by atoms with Gasteiger partial charge in [0.05, 0.1) is 0 Å². The topological polar surface area (TPSA) is 0 Å². The molecule has 0 bridgehead atoms. The maximum atomic E-state index is 2.17. The van der Waals surface area contributed by atoms with Gasteiger partial charge in [0.15, 0.2) is 0 Å². The van der Waals surface area contributed by atoms with Crippen LogP contribution in [-0.4, -0.2) is 0 Å². The molecule has 0 aromatic rings. The molecule has 0 aliphatic carbocycles. The number of rotatable bonds is 0. The largest absolute Gasteiger partial charge is 0.0919 e. The highest BCUT2D eigenvalue weighted by molar-refractivity contribution is 4.68. The summed E-state index contributed by atoms with van der Waals surface area (Å²) in [5.74, 6) is 0.833. The predicted octanol–water partition coefficient (Wildman–Crippen LogP) is 4.83. The fourth-order valence-corrected chi connectivity index (χ4v) is 0. The van der Waals surface area contributed by atoms with Gasteiger partial charge in [0.25, 0.3) is 0 Å². The standard InChI is InChI=1S/C4H10.2C4H8/c1-4(2)3;2*1-3-4-2/h4H,1-3H3;2*3-4H,1-2H3. The molecule has 0 radical (unpaired) electrons. The Hall–Kier alpha value is -0.520. The van der Waals surface area contributed by atoms with Crippen LogP contribution in [0.5, 0.6) is 0 Å². The van der Waals surface area contributed by atoms with Crippen LogP contribution >= 0.6 is 0 Å². The maximum absolute atomic E-state index is 2.17. The van der Waals surface area contributed by atoms with Crippen molar-refractivity contribution in [2.24, 2.45) is 5.92 Å². The van der Waals surface area contributed by atoms with Crippen LogP contribution in [0.3, 0.4) is 0 Å². The van der Waals surface area contributed by atoms with Crippen LogP contribution in [-0.2, 0) is 0 Å². The molecule has 0 unspecified atom stereocenters. The molecule has 0 spiro atoms. The van der Waals surface area contributed by atoms with E-state index in [1.54, 1.807) is 0 Å². The summed E-state index contributed by atoms with van der Waals surface area (Å²) >= 11 is 0. The lowest BCUT2D eigenvalue weighted by atomic mass is 10.3. The van der Waals surface area contributed by atoms with Gasteiger partial charge in [-0.25, -0.2) is 0 Å². The van der Waals surface area contributed by atoms with Gasteiger partial charge in [-0.3, -0.25) is 0 Å². The first kappa shape index (κ1) is 17.5. The Morgan fingerprint density at radius 2 is 0.667 bits per heavy atom. The SMILES string of the molecule is CC(C)C.CC=CC.CC=CC. The lowest BCUT2D eigenvalue weighted by Gasteiger charge is -1.79. The summed E-state index contributed by atoms with van der Waals surface area (Å²) in [7, 11) is 0. The molecule has 0 fully saturated rings. The van der Waals surface area contributed by atoms with Crippen molar-refractivity contribution in [3.63, 3.8) is 0 Å². The van der Waals surface area contributed by atoms with Crippen molar-refractivity contribution >= 4 is 0 Å². The third-order valence-electron chi connectivity index (χ3n) is 0.667. The van der Waals surface area contributed by atoms with Gasteiger partial charge in [-0.1, -0.05) is 45.1 Å². The quantitative estimate of drug-likeness (QED) is 0.457. The number of hydrogen-bond acceptors (Lipinski definition) is 0. The van der Waals surface area contributed by atoms with Crippen LogP contribution in [0.25, 0.3) is 0 Å². The third-order valence-corrected chi connectivity index (χ3v) is 0.667. The zero-order valence-corrected chi connectivity index (χ0v) is 9.89. The molecule has 74 valence electrons. The maximum Gasteiger partial charge on any atom is -0.0470 e. The van der Waals surface area contributed by atoms with Crippen LogP contribution < -0.4 is 0 Å². The van der Waals surface area contributed by atoms with Gasteiger partial charge in [0.1, 0.15) is 0 Å². The fraction of sp³-hybridized carbons (Fsp3) is 0.667. The van der Waals surface area contributed by atoms with Crippen LogP contribution in [0.4, 0.5) is 0 Å². The minimum atomic E-state index is 0.833. The lowest BCUT2D eigenvalue weighted by Crippen LogP contribution is -1.66. The van der Waals surface area contributed by atoms with E-state index in [-0.39, 0.29) is 0 Å². The van der Waals surface area contributed by atoms with Gasteiger partial charge in [0, 0.05) is 0 Å². The Bertz CT molecular complexity index is 65.5. The molecule has 0 N–H and O–H groups in total. The average Bonchev–Trinajstić information content (AvgIpc) is 2.03. The smallest absolute Gasteiger partial charge is 0.0470 e. The van der Waals surface area contributed by atoms with Crippen molar-refractivity contribution in [2.45, 2.75) is 48.5 Å². The first-order chi connectivity index (χ1) is 5.56. The molecule has 0 heterocycles. The Morgan fingerprint density at radius 3 is 0.667 bits per heavy atom. The molecular weight excluding hydrogens is 144 g/mol. The van der Waals surface area contributed by atoms with E-state index in [1.165, 1.54) is 0 Å². The van der Waals surface area contributed by atoms with E-state index in [1.807, 2.05) is 52.0 Å². The van der Waals surface area contributed by atoms with Gasteiger partial charge in [-0.05, 0) is 33.6 Å². The van der Waals surface area contributed by atoms with Gasteiger partial charge < -0.3 is 0 Å². The molecule has 0 aliphatic rings. The van der Waals surface area contributed by atoms with Gasteiger partial charge in [-0.2, -0.15) is 0 Å². The summed E-state index contributed by atoms with van der Waals surface area (Å²) in [4.78, 5) is 0. The summed E-state index contributed by atoms with van der Waals surface area (Å²) in [6, 6.07) is 0. The molecule has 0 atom stereocenters. The van der Waals surface area contributed by atoms with E-state index < -0.39 is 0 Å². The van der Waals surface area contributed by atoms with E-state index in [2.05, 4.69) is 20.8 Å². The third kappa shape index (κ3) is 311. The second-order valence-electron chi connectivity index (χ2n) is 3.07. The second kappa shape index (κ2) is 22.4. The van der Waals surface area contributed by atoms with E-state index in [4.69, 9.17) is 0 Å². The Kier molecular flexibility index (Phi) is 32.8. The van der Waals surface area contributed by atoms with Crippen LogP contribution in [0.1, 0.15) is 48.5 Å². The molecule has 0 nitrogen and oxygen atoms in total. The average molecular weight is 170 g/mol. The second-order valence-corrected chi connectivity index (χ2v) is 3.07. The summed E-state index contributed by atoms with van der Waals surface area (Å²) in [5, 5.41) is 0. The van der Waals surface area contributed by atoms with Crippen molar-refractivity contribution in [1.82, 2.24) is 0 Å². The van der Waals surface area contributed by atoms with Crippen molar-refractivity contribution in [3.8, 4) is 0 Å². The fourth-order valence-electron chi connectivity index (χ4n) is 0. The van der Waals surface area contributed by atoms with Crippen LogP contribution in [0, 0.1) is 5.92 Å². The molecule has 0 aromatic carbocycles. The van der Waals surface area contributed by atoms with E-state index in [9.17, 15) is 0 Å². The molecule has 0 amide bonds. The van der Waals surface area contributed by atoms with Gasteiger partial charge in [-0.15, -0.1) is 0 Å². The molecule has 0 rings (SSSR count). The first-order valence-corrected chi connectivity index (χ1v) is 4.71. The first-order valence-electron chi connectivity index (χ1n) is 4.71. The molecule has 12 heavy (non-hydrogen) atoms. The predicted molar refractivity (Wildman–Crippen MR) is 61.5 cm³/mol. The van der Waals surface area contributed by atoms with Crippen LogP contribution in [0.2, 0.25) is 0 Å². The molecule has 0 heteroatoms. The van der Waals surface area contributed by atoms with Crippen molar-refractivity contribution in [2.75, 3.05) is 0 Å². The minimum absolute atomic E-state index is 0.833. The van der Waals surface area contributed by atoms with Crippen molar-refractivity contribution < 1.29 is 0 Å². The highest BCUT2D eigenvalue weighted by atomic mass is 13.7. The normalized spacial score (nSPS) is 9.33. The highest BCUT2D eigenvalue weighted by Crippen LogP contribution is 1.81. The Morgan fingerprint density at radius 1 is 0.583 bits per heavy atom. The zero-order valence-electron chi connectivity index (χ0n) is 9.89. The summed E-state index contributed by atoms with van der Waals surface area (Å²) in [6.45, 7) is 14.5. The Labute approximate surface area is 79.4 Å². The molecule has 0 saturated heterocycles. The molecule has 0 aromatic heterocycles. The van der Waals surface area contributed by atoms with Crippen LogP contribution in [0.15, 0.2) is 24.3 Å². The lowest BCUT2D eigenvalue weighted by molar-refractivity contribution is 0.737. The summed E-state index contributed by atoms with van der Waals surface area (Å²) in [5.41, 5.74) is 0. The highest BCUT2D eigenvalue weighted by Gasteiger charge is 1.68. The molecule has 0 saturated carbocycles. The van der Waals surface area contributed by atoms with Gasteiger partial charge >= 0.3 is 0 Å². The summed E-state index contributed by atoms with van der Waals surface area (Å²) in [6.07, 6.45) is 8.00. The zero-order chi connectivity index (χ0) is 10.4. The van der Waals surface area contributed by atoms with E-state index in [0.717, 1.165) is 5.92 Å². The van der Waals surface area contributed by atoms with E-state index in [0.29, 0.717) is 0 Å². The van der Waals surface area contributed by atoms with Crippen molar-refractivity contribution in [3.05, 3.63) is 24.3 Å². The number of allylic oxidation sites excluding steroid dienone is 4.